The number of aromatic nitrogens is 2. The molecule has 4 nitrogen and oxygen atoms in total. The Balaban J connectivity index is 2.57. The monoisotopic (exact) mass is 216 g/mol. The smallest absolute Gasteiger partial charge is 0.227 e. The van der Waals surface area contributed by atoms with Crippen LogP contribution >= 0.6 is 15.9 Å². The summed E-state index contributed by atoms with van der Waals surface area (Å²) in [6.07, 6.45) is 0.707. The third-order valence-corrected chi connectivity index (χ3v) is 2.27. The Morgan fingerprint density at radius 1 is 1.73 bits per heavy atom. The van der Waals surface area contributed by atoms with E-state index in [1.54, 1.807) is 4.68 Å². The Bertz CT molecular complexity index is 308. The third kappa shape index (κ3) is 0.875. The molecule has 0 aromatic carbocycles. The van der Waals surface area contributed by atoms with Gasteiger partial charge in [-0.1, -0.05) is 0 Å². The van der Waals surface area contributed by atoms with Gasteiger partial charge in [-0.3, -0.25) is 4.79 Å². The Kier molecular flexibility index (Phi) is 1.45. The molecule has 1 aliphatic heterocycles. The average Bonchev–Trinajstić information content (AvgIpc) is 2.53. The van der Waals surface area contributed by atoms with Crippen molar-refractivity contribution in [2.45, 2.75) is 6.54 Å². The van der Waals surface area contributed by atoms with E-state index in [0.29, 0.717) is 28.9 Å². The van der Waals surface area contributed by atoms with Gasteiger partial charge in [0.2, 0.25) is 5.88 Å². The zero-order chi connectivity index (χ0) is 7.84. The lowest BCUT2D eigenvalue weighted by atomic mass is 10.5. The molecule has 58 valence electrons. The van der Waals surface area contributed by atoms with Crippen LogP contribution in [0.3, 0.4) is 0 Å². The Morgan fingerprint density at radius 3 is 3.18 bits per heavy atom. The van der Waals surface area contributed by atoms with Crippen LogP contribution in [0.1, 0.15) is 10.5 Å². The summed E-state index contributed by atoms with van der Waals surface area (Å²) < 4.78 is 7.54. The highest BCUT2D eigenvalue weighted by Crippen LogP contribution is 2.30. The van der Waals surface area contributed by atoms with Crippen LogP contribution in [-0.4, -0.2) is 22.7 Å². The molecule has 1 aromatic heterocycles. The van der Waals surface area contributed by atoms with E-state index >= 15 is 0 Å². The SMILES string of the molecule is O=Cc1nn2c(c1Br)OCC2. The molecular weight excluding hydrogens is 212 g/mol. The highest BCUT2D eigenvalue weighted by molar-refractivity contribution is 9.10. The molecule has 0 fully saturated rings. The second-order valence-corrected chi connectivity index (χ2v) is 2.99. The lowest BCUT2D eigenvalue weighted by Crippen LogP contribution is -1.97. The molecule has 1 aromatic rings. The number of nitrogens with zero attached hydrogens (tertiary/aromatic N) is 2. The number of ether oxygens (including phenoxy) is 1. The zero-order valence-electron chi connectivity index (χ0n) is 5.58. The predicted molar refractivity (Wildman–Crippen MR) is 40.8 cm³/mol. The summed E-state index contributed by atoms with van der Waals surface area (Å²) in [4.78, 5) is 10.4. The quantitative estimate of drug-likeness (QED) is 0.655. The number of fused-ring (bicyclic) bond motifs is 1. The van der Waals surface area contributed by atoms with Crippen LogP contribution in [0, 0.1) is 0 Å². The van der Waals surface area contributed by atoms with Gasteiger partial charge in [-0.2, -0.15) is 5.10 Å². The van der Waals surface area contributed by atoms with E-state index in [-0.39, 0.29) is 0 Å². The van der Waals surface area contributed by atoms with E-state index in [9.17, 15) is 4.79 Å². The van der Waals surface area contributed by atoms with Crippen LogP contribution in [0.4, 0.5) is 0 Å². The number of rotatable bonds is 1. The maximum atomic E-state index is 10.4. The summed E-state index contributed by atoms with van der Waals surface area (Å²) >= 11 is 3.22. The average molecular weight is 217 g/mol. The molecule has 0 N–H and O–H groups in total. The summed E-state index contributed by atoms with van der Waals surface area (Å²) in [6.45, 7) is 1.36. The van der Waals surface area contributed by atoms with Crippen molar-refractivity contribution in [2.24, 2.45) is 0 Å². The van der Waals surface area contributed by atoms with Crippen molar-refractivity contribution in [1.29, 1.82) is 0 Å². The van der Waals surface area contributed by atoms with Crippen LogP contribution < -0.4 is 4.74 Å². The van der Waals surface area contributed by atoms with Crippen molar-refractivity contribution < 1.29 is 9.53 Å². The van der Waals surface area contributed by atoms with E-state index < -0.39 is 0 Å². The van der Waals surface area contributed by atoms with Gasteiger partial charge in [0, 0.05) is 0 Å². The first-order chi connectivity index (χ1) is 5.33. The largest absolute Gasteiger partial charge is 0.475 e. The second-order valence-electron chi connectivity index (χ2n) is 2.19. The molecule has 5 heteroatoms. The summed E-state index contributed by atoms with van der Waals surface area (Å²) in [5.41, 5.74) is 0.403. The summed E-state index contributed by atoms with van der Waals surface area (Å²) in [7, 11) is 0. The minimum atomic E-state index is 0.403. The normalized spacial score (nSPS) is 14.3. The minimum absolute atomic E-state index is 0.403. The van der Waals surface area contributed by atoms with Crippen molar-refractivity contribution in [3.63, 3.8) is 0 Å². The molecular formula is C6H5BrN2O2. The first-order valence-electron chi connectivity index (χ1n) is 3.17. The molecule has 0 saturated carbocycles. The van der Waals surface area contributed by atoms with E-state index in [4.69, 9.17) is 4.74 Å². The van der Waals surface area contributed by atoms with E-state index in [0.717, 1.165) is 6.54 Å². The van der Waals surface area contributed by atoms with Gasteiger partial charge in [0.25, 0.3) is 0 Å². The van der Waals surface area contributed by atoms with Gasteiger partial charge in [-0.15, -0.1) is 0 Å². The zero-order valence-corrected chi connectivity index (χ0v) is 7.17. The van der Waals surface area contributed by atoms with Crippen molar-refractivity contribution in [2.75, 3.05) is 6.61 Å². The van der Waals surface area contributed by atoms with Crippen LogP contribution in [0.2, 0.25) is 0 Å². The third-order valence-electron chi connectivity index (χ3n) is 1.53. The number of aldehydes is 1. The summed E-state index contributed by atoms with van der Waals surface area (Å²) in [6, 6.07) is 0. The Labute approximate surface area is 71.3 Å². The Morgan fingerprint density at radius 2 is 2.55 bits per heavy atom. The van der Waals surface area contributed by atoms with Crippen molar-refractivity contribution >= 4 is 22.2 Å². The van der Waals surface area contributed by atoms with Crippen LogP contribution in [-0.2, 0) is 6.54 Å². The molecule has 11 heavy (non-hydrogen) atoms. The van der Waals surface area contributed by atoms with Gasteiger partial charge in [-0.25, -0.2) is 4.68 Å². The van der Waals surface area contributed by atoms with Crippen molar-refractivity contribution in [3.05, 3.63) is 10.2 Å². The number of halogens is 1. The molecule has 0 saturated heterocycles. The first-order valence-corrected chi connectivity index (χ1v) is 3.96. The van der Waals surface area contributed by atoms with Crippen LogP contribution in [0.25, 0.3) is 0 Å². The fourth-order valence-electron chi connectivity index (χ4n) is 1.04. The van der Waals surface area contributed by atoms with Gasteiger partial charge in [0.1, 0.15) is 16.8 Å². The van der Waals surface area contributed by atoms with Crippen LogP contribution in [0.15, 0.2) is 4.47 Å². The second kappa shape index (κ2) is 2.34. The fraction of sp³-hybridized carbons (Fsp3) is 0.333. The summed E-state index contributed by atoms with van der Waals surface area (Å²) in [5.74, 6) is 0.659. The maximum absolute atomic E-state index is 10.4. The Hall–Kier alpha value is -0.840. The molecule has 0 radical (unpaired) electrons. The molecule has 0 unspecified atom stereocenters. The van der Waals surface area contributed by atoms with Crippen LogP contribution in [0.5, 0.6) is 5.88 Å². The number of carbonyl (C=O) groups is 1. The molecule has 0 spiro atoms. The minimum Gasteiger partial charge on any atom is -0.475 e. The lowest BCUT2D eigenvalue weighted by Gasteiger charge is -1.90. The highest BCUT2D eigenvalue weighted by Gasteiger charge is 2.20. The van der Waals surface area contributed by atoms with Gasteiger partial charge in [0.15, 0.2) is 6.29 Å². The fourth-order valence-corrected chi connectivity index (χ4v) is 1.53. The van der Waals surface area contributed by atoms with E-state index in [1.165, 1.54) is 0 Å². The predicted octanol–water partition coefficient (Wildman–Crippen LogP) is 0.850. The molecule has 2 heterocycles. The number of hydrogen-bond donors (Lipinski definition) is 0. The standard InChI is InChI=1S/C6H5BrN2O2/c7-5-4(3-10)8-9-1-2-11-6(5)9/h3H,1-2H2. The van der Waals surface area contributed by atoms with Gasteiger partial charge in [-0.05, 0) is 15.9 Å². The van der Waals surface area contributed by atoms with Crippen molar-refractivity contribution in [3.8, 4) is 5.88 Å². The molecule has 0 aliphatic carbocycles. The highest BCUT2D eigenvalue weighted by atomic mass is 79.9. The molecule has 1 aliphatic rings. The topological polar surface area (TPSA) is 44.1 Å². The first kappa shape index (κ1) is 6.84. The molecule has 2 rings (SSSR count). The molecule has 0 bridgehead atoms. The van der Waals surface area contributed by atoms with Gasteiger partial charge in [0.05, 0.1) is 6.54 Å². The lowest BCUT2D eigenvalue weighted by molar-refractivity contribution is 0.111. The van der Waals surface area contributed by atoms with E-state index in [2.05, 4.69) is 21.0 Å². The van der Waals surface area contributed by atoms with Crippen molar-refractivity contribution in [1.82, 2.24) is 9.78 Å². The maximum Gasteiger partial charge on any atom is 0.227 e. The van der Waals surface area contributed by atoms with Gasteiger partial charge < -0.3 is 4.74 Å². The molecule has 0 amide bonds. The van der Waals surface area contributed by atoms with Gasteiger partial charge >= 0.3 is 0 Å². The number of carbonyl (C=O) groups excluding carboxylic acids is 1. The van der Waals surface area contributed by atoms with E-state index in [1.807, 2.05) is 0 Å². The molecule has 0 atom stereocenters. The number of hydrogen-bond acceptors (Lipinski definition) is 3. The summed E-state index contributed by atoms with van der Waals surface area (Å²) in [5, 5.41) is 3.99.